The van der Waals surface area contributed by atoms with E-state index in [1.807, 2.05) is 0 Å². The number of nitrogens with zero attached hydrogens (tertiary/aromatic N) is 1. The van der Waals surface area contributed by atoms with Gasteiger partial charge in [-0.2, -0.15) is 0 Å². The van der Waals surface area contributed by atoms with E-state index in [0.717, 1.165) is 12.1 Å². The zero-order chi connectivity index (χ0) is 12.3. The van der Waals surface area contributed by atoms with Crippen LogP contribution in [0.1, 0.15) is 11.6 Å². The van der Waals surface area contributed by atoms with E-state index in [1.165, 1.54) is 12.1 Å². The first-order chi connectivity index (χ1) is 8.22. The molecule has 1 unspecified atom stereocenters. The van der Waals surface area contributed by atoms with Gasteiger partial charge in [-0.25, -0.2) is 4.39 Å². The van der Waals surface area contributed by atoms with Crippen LogP contribution in [0.5, 0.6) is 0 Å². The summed E-state index contributed by atoms with van der Waals surface area (Å²) in [5.41, 5.74) is 0.928. The Morgan fingerprint density at radius 1 is 1.47 bits per heavy atom. The fraction of sp³-hybridized carbons (Fsp3) is 0.417. The van der Waals surface area contributed by atoms with Gasteiger partial charge in [0.05, 0.1) is 6.04 Å². The number of nitrogens with one attached hydrogen (secondary N) is 1. The molecule has 0 saturated carbocycles. The summed E-state index contributed by atoms with van der Waals surface area (Å²) in [6.07, 6.45) is 0. The van der Waals surface area contributed by atoms with Crippen LogP contribution in [0.25, 0.3) is 0 Å². The third-order valence-corrected chi connectivity index (χ3v) is 3.16. The third-order valence-electron chi connectivity index (χ3n) is 2.93. The molecule has 1 saturated heterocycles. The molecule has 17 heavy (non-hydrogen) atoms. The Balaban J connectivity index is 2.21. The SMILES string of the molecule is O=C(CCl)N1CCNCC1c1ccc(F)cc1. The van der Waals surface area contributed by atoms with Crippen LogP contribution in [0.15, 0.2) is 24.3 Å². The summed E-state index contributed by atoms with van der Waals surface area (Å²) in [5, 5.41) is 3.23. The van der Waals surface area contributed by atoms with E-state index in [9.17, 15) is 9.18 Å². The Morgan fingerprint density at radius 2 is 2.18 bits per heavy atom. The number of benzene rings is 1. The summed E-state index contributed by atoms with van der Waals surface area (Å²) < 4.78 is 12.9. The standard InChI is InChI=1S/C12H14ClFN2O/c13-7-12(17)16-6-5-15-8-11(16)9-1-3-10(14)4-2-9/h1-4,11,15H,5-8H2. The van der Waals surface area contributed by atoms with E-state index in [0.29, 0.717) is 13.1 Å². The van der Waals surface area contributed by atoms with Crippen molar-refractivity contribution in [3.63, 3.8) is 0 Å². The first kappa shape index (κ1) is 12.3. The topological polar surface area (TPSA) is 32.3 Å². The van der Waals surface area contributed by atoms with Crippen molar-refractivity contribution in [1.82, 2.24) is 10.2 Å². The number of rotatable bonds is 2. The Bertz CT molecular complexity index is 396. The third kappa shape index (κ3) is 2.76. The molecule has 1 amide bonds. The lowest BCUT2D eigenvalue weighted by molar-refractivity contribution is -0.131. The molecule has 3 nitrogen and oxygen atoms in total. The minimum Gasteiger partial charge on any atom is -0.332 e. The molecule has 0 aliphatic carbocycles. The Kier molecular flexibility index (Phi) is 3.97. The van der Waals surface area contributed by atoms with Crippen molar-refractivity contribution < 1.29 is 9.18 Å². The maximum Gasteiger partial charge on any atom is 0.238 e. The van der Waals surface area contributed by atoms with E-state index < -0.39 is 0 Å². The molecule has 0 radical (unpaired) electrons. The predicted molar refractivity (Wildman–Crippen MR) is 64.4 cm³/mol. The number of halogens is 2. The molecule has 1 atom stereocenters. The first-order valence-electron chi connectivity index (χ1n) is 5.54. The summed E-state index contributed by atoms with van der Waals surface area (Å²) in [5.74, 6) is -0.368. The van der Waals surface area contributed by atoms with Crippen molar-refractivity contribution in [3.8, 4) is 0 Å². The quantitative estimate of drug-likeness (QED) is 0.814. The second kappa shape index (κ2) is 5.47. The zero-order valence-electron chi connectivity index (χ0n) is 9.33. The van der Waals surface area contributed by atoms with Gasteiger partial charge in [-0.1, -0.05) is 12.1 Å². The van der Waals surface area contributed by atoms with Crippen LogP contribution in [-0.4, -0.2) is 36.3 Å². The molecule has 1 heterocycles. The van der Waals surface area contributed by atoms with Crippen molar-refractivity contribution >= 4 is 17.5 Å². The highest BCUT2D eigenvalue weighted by atomic mass is 35.5. The average molecular weight is 257 g/mol. The highest BCUT2D eigenvalue weighted by Crippen LogP contribution is 2.22. The number of piperazine rings is 1. The largest absolute Gasteiger partial charge is 0.332 e. The van der Waals surface area contributed by atoms with Crippen LogP contribution < -0.4 is 5.32 Å². The number of hydrogen-bond acceptors (Lipinski definition) is 2. The van der Waals surface area contributed by atoms with Gasteiger partial charge in [0.2, 0.25) is 5.91 Å². The molecule has 0 aromatic heterocycles. The smallest absolute Gasteiger partial charge is 0.238 e. The maximum atomic E-state index is 12.9. The number of alkyl halides is 1. The fourth-order valence-electron chi connectivity index (χ4n) is 2.06. The minimum atomic E-state index is -0.271. The van der Waals surface area contributed by atoms with E-state index >= 15 is 0 Å². The molecule has 0 bridgehead atoms. The van der Waals surface area contributed by atoms with Gasteiger partial charge < -0.3 is 10.2 Å². The summed E-state index contributed by atoms with van der Waals surface area (Å²) >= 11 is 5.59. The number of amides is 1. The molecule has 1 aromatic carbocycles. The molecule has 1 N–H and O–H groups in total. The molecule has 1 aliphatic heterocycles. The lowest BCUT2D eigenvalue weighted by Gasteiger charge is -2.36. The highest BCUT2D eigenvalue weighted by Gasteiger charge is 2.26. The lowest BCUT2D eigenvalue weighted by Crippen LogP contribution is -2.49. The van der Waals surface area contributed by atoms with Gasteiger partial charge in [-0.3, -0.25) is 4.79 Å². The number of carbonyl (C=O) groups excluding carboxylic acids is 1. The second-order valence-corrected chi connectivity index (χ2v) is 4.26. The second-order valence-electron chi connectivity index (χ2n) is 3.99. The minimum absolute atomic E-state index is 0.0162. The normalized spacial score (nSPS) is 20.4. The molecular formula is C12H14ClFN2O. The van der Waals surface area contributed by atoms with E-state index in [2.05, 4.69) is 5.32 Å². The molecule has 5 heteroatoms. The average Bonchev–Trinajstić information content (AvgIpc) is 2.39. The fourth-order valence-corrected chi connectivity index (χ4v) is 2.22. The summed E-state index contributed by atoms with van der Waals surface area (Å²) in [6.45, 7) is 2.07. The van der Waals surface area contributed by atoms with Crippen molar-refractivity contribution in [2.45, 2.75) is 6.04 Å². The lowest BCUT2D eigenvalue weighted by atomic mass is 10.0. The van der Waals surface area contributed by atoms with E-state index in [4.69, 9.17) is 11.6 Å². The molecule has 0 spiro atoms. The van der Waals surface area contributed by atoms with Crippen molar-refractivity contribution in [1.29, 1.82) is 0 Å². The Morgan fingerprint density at radius 3 is 2.82 bits per heavy atom. The first-order valence-corrected chi connectivity index (χ1v) is 6.07. The van der Waals surface area contributed by atoms with Crippen LogP contribution in [-0.2, 0) is 4.79 Å². The van der Waals surface area contributed by atoms with Gasteiger partial charge >= 0.3 is 0 Å². The summed E-state index contributed by atoms with van der Waals surface area (Å²) in [4.78, 5) is 13.5. The maximum absolute atomic E-state index is 12.9. The highest BCUT2D eigenvalue weighted by molar-refractivity contribution is 6.27. The Hall–Kier alpha value is -1.13. The summed E-state index contributed by atoms with van der Waals surface area (Å²) in [7, 11) is 0. The van der Waals surface area contributed by atoms with Crippen molar-refractivity contribution in [2.75, 3.05) is 25.5 Å². The number of hydrogen-bond donors (Lipinski definition) is 1. The van der Waals surface area contributed by atoms with Crippen molar-refractivity contribution in [2.24, 2.45) is 0 Å². The van der Waals surface area contributed by atoms with E-state index in [1.54, 1.807) is 17.0 Å². The molecule has 92 valence electrons. The van der Waals surface area contributed by atoms with E-state index in [-0.39, 0.29) is 23.6 Å². The van der Waals surface area contributed by atoms with Gasteiger partial charge in [0.15, 0.2) is 0 Å². The number of carbonyl (C=O) groups is 1. The van der Waals surface area contributed by atoms with Gasteiger partial charge in [0, 0.05) is 19.6 Å². The van der Waals surface area contributed by atoms with Crippen LogP contribution >= 0.6 is 11.6 Å². The van der Waals surface area contributed by atoms with Crippen LogP contribution in [0.3, 0.4) is 0 Å². The molecule has 1 aromatic rings. The van der Waals surface area contributed by atoms with Crippen LogP contribution in [0, 0.1) is 5.82 Å². The summed E-state index contributed by atoms with van der Waals surface area (Å²) in [6, 6.07) is 6.18. The zero-order valence-corrected chi connectivity index (χ0v) is 10.1. The van der Waals surface area contributed by atoms with Crippen molar-refractivity contribution in [3.05, 3.63) is 35.6 Å². The van der Waals surface area contributed by atoms with Gasteiger partial charge in [-0.15, -0.1) is 11.6 Å². The molecule has 1 fully saturated rings. The molecule has 1 aliphatic rings. The van der Waals surface area contributed by atoms with Gasteiger partial charge in [0.1, 0.15) is 11.7 Å². The monoisotopic (exact) mass is 256 g/mol. The van der Waals surface area contributed by atoms with Crippen LogP contribution in [0.4, 0.5) is 4.39 Å². The van der Waals surface area contributed by atoms with Gasteiger partial charge in [0.25, 0.3) is 0 Å². The van der Waals surface area contributed by atoms with Crippen LogP contribution in [0.2, 0.25) is 0 Å². The predicted octanol–water partition coefficient (Wildman–Crippen LogP) is 1.54. The van der Waals surface area contributed by atoms with Gasteiger partial charge in [-0.05, 0) is 17.7 Å². The molecule has 2 rings (SSSR count). The molecular weight excluding hydrogens is 243 g/mol. The Labute approximate surface area is 105 Å².